The average molecular weight is 415 g/mol. The maximum Gasteiger partial charge on any atom is 0.410 e. The molecule has 2 unspecified atom stereocenters. The van der Waals surface area contributed by atoms with Gasteiger partial charge in [-0.3, -0.25) is 4.79 Å². The Hall–Kier alpha value is -2.83. The van der Waals surface area contributed by atoms with Crippen molar-refractivity contribution in [1.29, 1.82) is 0 Å². The molecular weight excluding hydrogens is 384 g/mol. The van der Waals surface area contributed by atoms with Crippen LogP contribution in [-0.2, 0) is 14.3 Å². The van der Waals surface area contributed by atoms with Crippen molar-refractivity contribution in [3.05, 3.63) is 36.0 Å². The van der Waals surface area contributed by atoms with Crippen LogP contribution in [0.1, 0.15) is 63.9 Å². The SMILES string of the molecule is COC(=O)C(=O)c1cn(C2CC(C)N(C(=O)OC(C)(C)C)C(C)C2)c2ccccc12. The number of piperidine rings is 1. The maximum absolute atomic E-state index is 12.7. The zero-order valence-corrected chi connectivity index (χ0v) is 18.5. The van der Waals surface area contributed by atoms with Crippen LogP contribution >= 0.6 is 0 Å². The van der Waals surface area contributed by atoms with Crippen LogP contribution in [-0.4, -0.2) is 52.1 Å². The van der Waals surface area contributed by atoms with Crippen molar-refractivity contribution in [3.63, 3.8) is 0 Å². The number of fused-ring (bicyclic) bond motifs is 1. The number of carbonyl (C=O) groups excluding carboxylic acids is 3. The molecule has 3 rings (SSSR count). The molecule has 1 aromatic carbocycles. The summed E-state index contributed by atoms with van der Waals surface area (Å²) in [5, 5.41) is 0.725. The van der Waals surface area contributed by atoms with Crippen molar-refractivity contribution in [3.8, 4) is 0 Å². The summed E-state index contributed by atoms with van der Waals surface area (Å²) in [5.74, 6) is -1.53. The number of ketones is 1. The minimum absolute atomic E-state index is 0.0329. The molecule has 0 saturated carbocycles. The van der Waals surface area contributed by atoms with E-state index in [-0.39, 0.29) is 24.2 Å². The Labute approximate surface area is 176 Å². The number of carbonyl (C=O) groups is 3. The van der Waals surface area contributed by atoms with Gasteiger partial charge in [-0.15, -0.1) is 0 Å². The molecule has 7 heteroatoms. The van der Waals surface area contributed by atoms with E-state index in [2.05, 4.69) is 9.30 Å². The van der Waals surface area contributed by atoms with Gasteiger partial charge in [-0.2, -0.15) is 0 Å². The number of methoxy groups -OCH3 is 1. The molecule has 1 amide bonds. The molecule has 0 aliphatic carbocycles. The number of esters is 1. The number of hydrogen-bond donors (Lipinski definition) is 0. The van der Waals surface area contributed by atoms with Gasteiger partial charge in [0, 0.05) is 35.2 Å². The Morgan fingerprint density at radius 2 is 1.63 bits per heavy atom. The zero-order valence-electron chi connectivity index (χ0n) is 18.5. The summed E-state index contributed by atoms with van der Waals surface area (Å²) < 4.78 is 12.3. The van der Waals surface area contributed by atoms with E-state index in [0.717, 1.165) is 10.9 Å². The summed E-state index contributed by atoms with van der Waals surface area (Å²) in [7, 11) is 1.20. The normalized spacial score (nSPS) is 22.1. The standard InChI is InChI=1S/C23H30N2O5/c1-14-11-16(12-15(2)25(14)22(28)30-23(3,4)5)24-13-18(20(26)21(27)29-6)17-9-7-8-10-19(17)24/h7-10,13-16H,11-12H2,1-6H3. The van der Waals surface area contributed by atoms with E-state index in [1.54, 1.807) is 11.1 Å². The van der Waals surface area contributed by atoms with Gasteiger partial charge in [0.1, 0.15) is 5.60 Å². The van der Waals surface area contributed by atoms with Gasteiger partial charge >= 0.3 is 12.1 Å². The third kappa shape index (κ3) is 4.20. The van der Waals surface area contributed by atoms with Crippen molar-refractivity contribution in [2.45, 2.75) is 71.2 Å². The van der Waals surface area contributed by atoms with Gasteiger partial charge in [0.25, 0.3) is 5.78 Å². The topological polar surface area (TPSA) is 77.8 Å². The molecule has 0 N–H and O–H groups in total. The van der Waals surface area contributed by atoms with Crippen molar-refractivity contribution in [2.24, 2.45) is 0 Å². The van der Waals surface area contributed by atoms with Gasteiger partial charge in [-0.25, -0.2) is 9.59 Å². The number of benzene rings is 1. The maximum atomic E-state index is 12.7. The average Bonchev–Trinajstić information content (AvgIpc) is 3.04. The number of rotatable bonds is 3. The quantitative estimate of drug-likeness (QED) is 0.424. The van der Waals surface area contributed by atoms with Crippen molar-refractivity contribution in [1.82, 2.24) is 9.47 Å². The minimum Gasteiger partial charge on any atom is -0.463 e. The van der Waals surface area contributed by atoms with Crippen molar-refractivity contribution >= 4 is 28.7 Å². The number of likely N-dealkylation sites (tertiary alicyclic amines) is 1. The highest BCUT2D eigenvalue weighted by atomic mass is 16.6. The molecular formula is C23H30N2O5. The first-order chi connectivity index (χ1) is 14.0. The predicted octanol–water partition coefficient (Wildman–Crippen LogP) is 4.35. The highest BCUT2D eigenvalue weighted by Crippen LogP contribution is 2.36. The first-order valence-electron chi connectivity index (χ1n) is 10.3. The summed E-state index contributed by atoms with van der Waals surface area (Å²) in [4.78, 5) is 38.9. The van der Waals surface area contributed by atoms with Crippen LogP contribution in [0.5, 0.6) is 0 Å². The lowest BCUT2D eigenvalue weighted by molar-refractivity contribution is -0.135. The predicted molar refractivity (Wildman–Crippen MR) is 114 cm³/mol. The van der Waals surface area contributed by atoms with Crippen LogP contribution in [0.3, 0.4) is 0 Å². The van der Waals surface area contributed by atoms with E-state index in [1.165, 1.54) is 7.11 Å². The summed E-state index contributed by atoms with van der Waals surface area (Å²) in [6, 6.07) is 7.55. The molecule has 1 aromatic heterocycles. The number of Topliss-reactive ketones (excluding diaryl/α,β-unsaturated/α-hetero) is 1. The monoisotopic (exact) mass is 414 g/mol. The van der Waals surface area contributed by atoms with Gasteiger partial charge in [-0.1, -0.05) is 18.2 Å². The Kier molecular flexibility index (Phi) is 5.92. The summed E-state index contributed by atoms with van der Waals surface area (Å²) in [5.41, 5.74) is 0.680. The largest absolute Gasteiger partial charge is 0.463 e. The van der Waals surface area contributed by atoms with Gasteiger partial charge < -0.3 is 18.9 Å². The van der Waals surface area contributed by atoms with Crippen LogP contribution in [0.15, 0.2) is 30.5 Å². The van der Waals surface area contributed by atoms with Gasteiger partial charge in [-0.05, 0) is 53.5 Å². The molecule has 30 heavy (non-hydrogen) atoms. The van der Waals surface area contributed by atoms with Crippen LogP contribution in [0, 0.1) is 0 Å². The zero-order chi connectivity index (χ0) is 22.2. The number of hydrogen-bond acceptors (Lipinski definition) is 5. The lowest BCUT2D eigenvalue weighted by Gasteiger charge is -2.43. The summed E-state index contributed by atoms with van der Waals surface area (Å²) >= 11 is 0. The lowest BCUT2D eigenvalue weighted by Crippen LogP contribution is -2.51. The smallest absolute Gasteiger partial charge is 0.410 e. The first-order valence-corrected chi connectivity index (χ1v) is 10.3. The highest BCUT2D eigenvalue weighted by Gasteiger charge is 2.37. The molecule has 2 aromatic rings. The Morgan fingerprint density at radius 1 is 1.03 bits per heavy atom. The molecule has 1 aliphatic heterocycles. The lowest BCUT2D eigenvalue weighted by atomic mass is 9.93. The van der Waals surface area contributed by atoms with Crippen LogP contribution in [0.25, 0.3) is 10.9 Å². The fourth-order valence-corrected chi connectivity index (χ4v) is 4.34. The molecule has 0 spiro atoms. The molecule has 1 aliphatic rings. The fraction of sp³-hybridized carbons (Fsp3) is 0.522. The number of aromatic nitrogens is 1. The van der Waals surface area contributed by atoms with E-state index in [9.17, 15) is 14.4 Å². The molecule has 1 fully saturated rings. The third-order valence-electron chi connectivity index (χ3n) is 5.53. The molecule has 2 atom stereocenters. The Bertz CT molecular complexity index is 960. The molecule has 162 valence electrons. The Balaban J connectivity index is 1.92. The summed E-state index contributed by atoms with van der Waals surface area (Å²) in [6.45, 7) is 9.61. The minimum atomic E-state index is -0.876. The van der Waals surface area contributed by atoms with Gasteiger partial charge in [0.05, 0.1) is 12.7 Å². The molecule has 7 nitrogen and oxygen atoms in total. The second kappa shape index (κ2) is 8.13. The first kappa shape index (κ1) is 21.9. The fourth-order valence-electron chi connectivity index (χ4n) is 4.34. The Morgan fingerprint density at radius 3 is 2.20 bits per heavy atom. The van der Waals surface area contributed by atoms with E-state index >= 15 is 0 Å². The van der Waals surface area contributed by atoms with E-state index in [4.69, 9.17) is 4.74 Å². The van der Waals surface area contributed by atoms with Crippen molar-refractivity contribution < 1.29 is 23.9 Å². The van der Waals surface area contributed by atoms with Crippen LogP contribution in [0.4, 0.5) is 4.79 Å². The molecule has 0 radical (unpaired) electrons. The number of amides is 1. The number of ether oxygens (including phenoxy) is 2. The number of para-hydroxylation sites is 1. The second-order valence-corrected chi connectivity index (χ2v) is 9.00. The van der Waals surface area contributed by atoms with Gasteiger partial charge in [0.15, 0.2) is 0 Å². The number of nitrogens with zero attached hydrogens (tertiary/aromatic N) is 2. The highest BCUT2D eigenvalue weighted by molar-refractivity contribution is 6.43. The van der Waals surface area contributed by atoms with Crippen LogP contribution in [0.2, 0.25) is 0 Å². The van der Waals surface area contributed by atoms with E-state index < -0.39 is 17.4 Å². The van der Waals surface area contributed by atoms with Crippen molar-refractivity contribution in [2.75, 3.05) is 7.11 Å². The van der Waals surface area contributed by atoms with Crippen LogP contribution < -0.4 is 0 Å². The third-order valence-corrected chi connectivity index (χ3v) is 5.53. The molecule has 0 bridgehead atoms. The van der Waals surface area contributed by atoms with Gasteiger partial charge in [0.2, 0.25) is 0 Å². The van der Waals surface area contributed by atoms with E-state index in [0.29, 0.717) is 18.4 Å². The summed E-state index contributed by atoms with van der Waals surface area (Å²) in [6.07, 6.45) is 2.87. The molecule has 2 heterocycles. The van der Waals surface area contributed by atoms with E-state index in [1.807, 2.05) is 58.9 Å². The second-order valence-electron chi connectivity index (χ2n) is 9.00. The molecule has 1 saturated heterocycles.